The monoisotopic (exact) mass is 370 g/mol. The lowest BCUT2D eigenvalue weighted by Crippen LogP contribution is -2.29. The average Bonchev–Trinajstić information content (AvgIpc) is 3.05. The van der Waals surface area contributed by atoms with Crippen LogP contribution in [0.5, 0.6) is 5.75 Å². The molecule has 7 nitrogen and oxygen atoms in total. The van der Waals surface area contributed by atoms with Crippen LogP contribution in [0, 0.1) is 0 Å². The van der Waals surface area contributed by atoms with Crippen molar-refractivity contribution in [2.45, 2.75) is 4.90 Å². The molecule has 9 heteroatoms. The number of anilines is 1. The third kappa shape index (κ3) is 4.12. The molecule has 0 unspecified atom stereocenters. The van der Waals surface area contributed by atoms with Crippen molar-refractivity contribution < 1.29 is 23.1 Å². The SMILES string of the molecule is COCCN(C)S(=O)(=O)c1csc(C(=O)Nc2ccccc2O)c1. The molecule has 2 aromatic rings. The second-order valence-electron chi connectivity index (χ2n) is 4.94. The topological polar surface area (TPSA) is 95.9 Å². The van der Waals surface area contributed by atoms with Gasteiger partial charge in [0.05, 0.1) is 22.1 Å². The zero-order chi connectivity index (χ0) is 17.7. The first kappa shape index (κ1) is 18.4. The molecular weight excluding hydrogens is 352 g/mol. The van der Waals surface area contributed by atoms with E-state index in [0.717, 1.165) is 11.3 Å². The number of nitrogens with zero attached hydrogens (tertiary/aromatic N) is 1. The van der Waals surface area contributed by atoms with Gasteiger partial charge in [-0.3, -0.25) is 4.79 Å². The van der Waals surface area contributed by atoms with E-state index in [9.17, 15) is 18.3 Å². The Hall–Kier alpha value is -1.94. The minimum Gasteiger partial charge on any atom is -0.506 e. The van der Waals surface area contributed by atoms with Crippen molar-refractivity contribution in [3.8, 4) is 5.75 Å². The van der Waals surface area contributed by atoms with Gasteiger partial charge in [0.25, 0.3) is 5.91 Å². The zero-order valence-electron chi connectivity index (χ0n) is 13.2. The number of likely N-dealkylation sites (N-methyl/N-ethyl adjacent to an activating group) is 1. The van der Waals surface area contributed by atoms with Crippen LogP contribution in [0.4, 0.5) is 5.69 Å². The smallest absolute Gasteiger partial charge is 0.265 e. The minimum atomic E-state index is -3.67. The number of methoxy groups -OCH3 is 1. The van der Waals surface area contributed by atoms with Gasteiger partial charge in [0.2, 0.25) is 10.0 Å². The number of benzene rings is 1. The molecule has 1 aromatic heterocycles. The van der Waals surface area contributed by atoms with Crippen molar-refractivity contribution in [1.82, 2.24) is 4.31 Å². The van der Waals surface area contributed by atoms with E-state index < -0.39 is 15.9 Å². The number of hydrogen-bond acceptors (Lipinski definition) is 6. The quantitative estimate of drug-likeness (QED) is 0.727. The molecule has 1 heterocycles. The molecule has 1 aromatic carbocycles. The van der Waals surface area contributed by atoms with Crippen LogP contribution in [0.3, 0.4) is 0 Å². The average molecular weight is 370 g/mol. The van der Waals surface area contributed by atoms with Crippen molar-refractivity contribution in [2.75, 3.05) is 32.6 Å². The number of carbonyl (C=O) groups excluding carboxylic acids is 1. The highest BCUT2D eigenvalue weighted by Crippen LogP contribution is 2.25. The Morgan fingerprint density at radius 1 is 1.38 bits per heavy atom. The number of ether oxygens (including phenoxy) is 1. The number of nitrogens with one attached hydrogen (secondary N) is 1. The van der Waals surface area contributed by atoms with Gasteiger partial charge in [-0.15, -0.1) is 11.3 Å². The molecular formula is C15H18N2O5S2. The van der Waals surface area contributed by atoms with Crippen LogP contribution in [-0.2, 0) is 14.8 Å². The number of amides is 1. The van der Waals surface area contributed by atoms with Crippen molar-refractivity contribution in [3.05, 3.63) is 40.6 Å². The first-order chi connectivity index (χ1) is 11.4. The van der Waals surface area contributed by atoms with Gasteiger partial charge < -0.3 is 15.2 Å². The number of thiophene rings is 1. The van der Waals surface area contributed by atoms with Gasteiger partial charge in [-0.25, -0.2) is 8.42 Å². The Morgan fingerprint density at radius 2 is 2.08 bits per heavy atom. The highest BCUT2D eigenvalue weighted by Gasteiger charge is 2.23. The molecule has 0 aliphatic carbocycles. The Morgan fingerprint density at radius 3 is 2.75 bits per heavy atom. The summed E-state index contributed by atoms with van der Waals surface area (Å²) in [7, 11) is -0.726. The summed E-state index contributed by atoms with van der Waals surface area (Å²) in [6.45, 7) is 0.495. The lowest BCUT2D eigenvalue weighted by Gasteiger charge is -2.15. The number of carbonyl (C=O) groups is 1. The van der Waals surface area contributed by atoms with E-state index in [-0.39, 0.29) is 34.4 Å². The molecule has 0 saturated carbocycles. The predicted octanol–water partition coefficient (Wildman–Crippen LogP) is 1.97. The Labute approximate surface area is 144 Å². The highest BCUT2D eigenvalue weighted by molar-refractivity contribution is 7.89. The van der Waals surface area contributed by atoms with Gasteiger partial charge in [-0.2, -0.15) is 4.31 Å². The number of phenolic OH excluding ortho intramolecular Hbond substituents is 1. The van der Waals surface area contributed by atoms with Crippen LogP contribution in [0.1, 0.15) is 9.67 Å². The van der Waals surface area contributed by atoms with Crippen LogP contribution in [0.2, 0.25) is 0 Å². The Kier molecular flexibility index (Phi) is 5.94. The molecule has 130 valence electrons. The standard InChI is InChI=1S/C15H18N2O5S2/c1-17(7-8-22-2)24(20,21)11-9-14(23-10-11)15(19)16-12-5-3-4-6-13(12)18/h3-6,9-10,18H,7-8H2,1-2H3,(H,16,19). The van der Waals surface area contributed by atoms with Gasteiger partial charge >= 0.3 is 0 Å². The number of aromatic hydroxyl groups is 1. The number of para-hydroxylation sites is 2. The molecule has 2 N–H and O–H groups in total. The molecule has 24 heavy (non-hydrogen) atoms. The van der Waals surface area contributed by atoms with E-state index in [2.05, 4.69) is 5.32 Å². The third-order valence-electron chi connectivity index (χ3n) is 3.27. The summed E-state index contributed by atoms with van der Waals surface area (Å²) >= 11 is 1.02. The lowest BCUT2D eigenvalue weighted by atomic mass is 10.3. The van der Waals surface area contributed by atoms with Crippen molar-refractivity contribution in [3.63, 3.8) is 0 Å². The van der Waals surface area contributed by atoms with E-state index in [1.807, 2.05) is 0 Å². The third-order valence-corrected chi connectivity index (χ3v) is 6.18. The largest absolute Gasteiger partial charge is 0.506 e. The summed E-state index contributed by atoms with van der Waals surface area (Å²) < 4.78 is 30.8. The van der Waals surface area contributed by atoms with Gasteiger partial charge in [-0.05, 0) is 18.2 Å². The molecule has 2 rings (SSSR count). The molecule has 0 spiro atoms. The van der Waals surface area contributed by atoms with Gasteiger partial charge in [0.1, 0.15) is 5.75 Å². The summed E-state index contributed by atoms with van der Waals surface area (Å²) in [5.74, 6) is -0.544. The van der Waals surface area contributed by atoms with E-state index in [0.29, 0.717) is 0 Å². The van der Waals surface area contributed by atoms with Crippen molar-refractivity contribution in [1.29, 1.82) is 0 Å². The normalized spacial score (nSPS) is 11.6. The van der Waals surface area contributed by atoms with Crippen molar-refractivity contribution in [2.24, 2.45) is 0 Å². The lowest BCUT2D eigenvalue weighted by molar-refractivity contribution is 0.103. The summed E-state index contributed by atoms with van der Waals surface area (Å²) in [6.07, 6.45) is 0. The first-order valence-corrected chi connectivity index (χ1v) is 9.31. The van der Waals surface area contributed by atoms with Crippen LogP contribution in [0.15, 0.2) is 40.6 Å². The predicted molar refractivity (Wildman–Crippen MR) is 92.1 cm³/mol. The fourth-order valence-electron chi connectivity index (χ4n) is 1.86. The fraction of sp³-hybridized carbons (Fsp3) is 0.267. The minimum absolute atomic E-state index is 0.0496. The summed E-state index contributed by atoms with van der Waals surface area (Å²) in [5.41, 5.74) is 0.262. The van der Waals surface area contributed by atoms with Crippen LogP contribution >= 0.6 is 11.3 Å². The molecule has 0 aliphatic rings. The van der Waals surface area contributed by atoms with E-state index in [4.69, 9.17) is 4.74 Å². The molecule has 0 radical (unpaired) electrons. The fourth-order valence-corrected chi connectivity index (χ4v) is 4.17. The molecule has 0 fully saturated rings. The first-order valence-electron chi connectivity index (χ1n) is 6.99. The van der Waals surface area contributed by atoms with Gasteiger partial charge in [0, 0.05) is 26.1 Å². The second kappa shape index (κ2) is 7.75. The maximum Gasteiger partial charge on any atom is 0.265 e. The molecule has 0 bridgehead atoms. The Balaban J connectivity index is 2.15. The highest BCUT2D eigenvalue weighted by atomic mass is 32.2. The van der Waals surface area contributed by atoms with Crippen LogP contribution < -0.4 is 5.32 Å². The van der Waals surface area contributed by atoms with Gasteiger partial charge in [0.15, 0.2) is 0 Å². The van der Waals surface area contributed by atoms with Crippen molar-refractivity contribution >= 4 is 33.0 Å². The second-order valence-corrected chi connectivity index (χ2v) is 7.89. The van der Waals surface area contributed by atoms with E-state index >= 15 is 0 Å². The summed E-state index contributed by atoms with van der Waals surface area (Å²) in [5, 5.41) is 13.6. The molecule has 0 saturated heterocycles. The maximum atomic E-state index is 12.4. The van der Waals surface area contributed by atoms with Crippen LogP contribution in [0.25, 0.3) is 0 Å². The maximum absolute atomic E-state index is 12.4. The molecule has 0 aliphatic heterocycles. The number of hydrogen-bond donors (Lipinski definition) is 2. The molecule has 0 atom stereocenters. The number of sulfonamides is 1. The van der Waals surface area contributed by atoms with E-state index in [1.54, 1.807) is 18.2 Å². The zero-order valence-corrected chi connectivity index (χ0v) is 14.9. The number of phenols is 1. The van der Waals surface area contributed by atoms with E-state index in [1.165, 1.54) is 36.0 Å². The molecule has 1 amide bonds. The van der Waals surface area contributed by atoms with Crippen LogP contribution in [-0.4, -0.2) is 51.0 Å². The summed E-state index contributed by atoms with van der Waals surface area (Å²) in [6, 6.07) is 7.63. The Bertz CT molecular complexity index is 817. The number of rotatable bonds is 7. The van der Waals surface area contributed by atoms with Gasteiger partial charge in [-0.1, -0.05) is 12.1 Å². The summed E-state index contributed by atoms with van der Waals surface area (Å²) in [4.78, 5) is 12.5.